The highest BCUT2D eigenvalue weighted by Crippen LogP contribution is 2.26. The Morgan fingerprint density at radius 2 is 2.12 bits per heavy atom. The van der Waals surface area contributed by atoms with Gasteiger partial charge in [0.15, 0.2) is 0 Å². The fourth-order valence-corrected chi connectivity index (χ4v) is 2.66. The third kappa shape index (κ3) is 2.51. The maximum absolute atomic E-state index is 12.3. The Morgan fingerprint density at radius 1 is 1.29 bits per heavy atom. The summed E-state index contributed by atoms with van der Waals surface area (Å²) in [6.45, 7) is 0.693. The normalized spacial score (nSPS) is 28.2. The monoisotopic (exact) mass is 237 g/mol. The maximum Gasteiger partial charge on any atom is 0.328 e. The number of likely N-dealkylation sites (tertiary alicyclic amines) is 1. The van der Waals surface area contributed by atoms with Crippen LogP contribution in [0.4, 0.5) is 0 Å². The average Bonchev–Trinajstić information content (AvgIpc) is 2.87. The van der Waals surface area contributed by atoms with Gasteiger partial charge in [-0.3, -0.25) is 4.79 Å². The van der Waals surface area contributed by atoms with E-state index in [1.807, 2.05) is 0 Å². The number of esters is 1. The lowest BCUT2D eigenvalue weighted by Crippen LogP contribution is -2.44. The van der Waals surface area contributed by atoms with Crippen LogP contribution in [0.2, 0.25) is 0 Å². The summed E-state index contributed by atoms with van der Waals surface area (Å²) in [7, 11) is 1.38. The summed E-state index contributed by atoms with van der Waals surface area (Å²) in [6, 6.07) is -0.349. The number of amides is 1. The Morgan fingerprint density at radius 3 is 2.76 bits per heavy atom. The molecule has 17 heavy (non-hydrogen) atoms. The van der Waals surface area contributed by atoms with Crippen molar-refractivity contribution in [3.63, 3.8) is 0 Å². The van der Waals surface area contributed by atoms with Gasteiger partial charge in [-0.2, -0.15) is 0 Å². The largest absolute Gasteiger partial charge is 0.467 e. The lowest BCUT2D eigenvalue weighted by atomic mass is 9.93. The Labute approximate surface area is 102 Å². The van der Waals surface area contributed by atoms with Crippen LogP contribution >= 0.6 is 0 Å². The van der Waals surface area contributed by atoms with Gasteiger partial charge in [-0.25, -0.2) is 4.79 Å². The summed E-state index contributed by atoms with van der Waals surface area (Å²) in [5.74, 6) is -0.0882. The molecule has 1 aliphatic heterocycles. The number of nitrogens with zero attached hydrogens (tertiary/aromatic N) is 1. The number of hydrogen-bond acceptors (Lipinski definition) is 3. The van der Waals surface area contributed by atoms with Crippen LogP contribution in [0.3, 0.4) is 0 Å². The molecule has 0 saturated carbocycles. The van der Waals surface area contributed by atoms with E-state index in [-0.39, 0.29) is 23.8 Å². The van der Waals surface area contributed by atoms with Crippen LogP contribution < -0.4 is 0 Å². The van der Waals surface area contributed by atoms with E-state index in [1.165, 1.54) is 7.11 Å². The number of hydrogen-bond donors (Lipinski definition) is 0. The fourth-order valence-electron chi connectivity index (χ4n) is 2.66. The lowest BCUT2D eigenvalue weighted by Gasteiger charge is -2.27. The van der Waals surface area contributed by atoms with Crippen LogP contribution in [0, 0.1) is 5.92 Å². The van der Waals surface area contributed by atoms with Crippen molar-refractivity contribution >= 4 is 11.9 Å². The topological polar surface area (TPSA) is 46.6 Å². The first-order valence-electron chi connectivity index (χ1n) is 6.27. The van der Waals surface area contributed by atoms with Crippen molar-refractivity contribution < 1.29 is 14.3 Å². The van der Waals surface area contributed by atoms with Crippen molar-refractivity contribution in [3.8, 4) is 0 Å². The first kappa shape index (κ1) is 12.1. The van der Waals surface area contributed by atoms with Crippen molar-refractivity contribution in [2.45, 2.75) is 38.1 Å². The Bertz CT molecular complexity index is 338. The van der Waals surface area contributed by atoms with E-state index in [1.54, 1.807) is 4.90 Å². The predicted octanol–water partition coefficient (Wildman–Crippen LogP) is 1.51. The SMILES string of the molecule is COC(=O)C1CCCN1C(=O)C1CC=CCC1. The van der Waals surface area contributed by atoms with Crippen molar-refractivity contribution in [2.24, 2.45) is 5.92 Å². The highest BCUT2D eigenvalue weighted by atomic mass is 16.5. The standard InChI is InChI=1S/C13H19NO3/c1-17-13(16)11-8-5-9-14(11)12(15)10-6-3-2-4-7-10/h2-3,10-11H,4-9H2,1H3. The molecule has 0 spiro atoms. The Hall–Kier alpha value is -1.32. The zero-order chi connectivity index (χ0) is 12.3. The number of rotatable bonds is 2. The van der Waals surface area contributed by atoms with E-state index < -0.39 is 0 Å². The van der Waals surface area contributed by atoms with E-state index in [4.69, 9.17) is 4.74 Å². The van der Waals surface area contributed by atoms with Crippen LogP contribution in [0.25, 0.3) is 0 Å². The van der Waals surface area contributed by atoms with Gasteiger partial charge in [-0.1, -0.05) is 12.2 Å². The summed E-state index contributed by atoms with van der Waals surface area (Å²) in [4.78, 5) is 25.6. The third-order valence-electron chi connectivity index (χ3n) is 3.63. The maximum atomic E-state index is 12.3. The molecular weight excluding hydrogens is 218 g/mol. The molecule has 2 atom stereocenters. The molecule has 1 amide bonds. The second kappa shape index (κ2) is 5.34. The molecule has 1 saturated heterocycles. The smallest absolute Gasteiger partial charge is 0.328 e. The van der Waals surface area contributed by atoms with E-state index in [2.05, 4.69) is 12.2 Å². The first-order valence-corrected chi connectivity index (χ1v) is 6.27. The van der Waals surface area contributed by atoms with Gasteiger partial charge >= 0.3 is 5.97 Å². The summed E-state index contributed by atoms with van der Waals surface area (Å²) < 4.78 is 4.76. The van der Waals surface area contributed by atoms with E-state index >= 15 is 0 Å². The van der Waals surface area contributed by atoms with Gasteiger partial charge in [-0.15, -0.1) is 0 Å². The quantitative estimate of drug-likeness (QED) is 0.540. The number of carbonyl (C=O) groups is 2. The molecule has 0 aromatic heterocycles. The summed E-state index contributed by atoms with van der Waals surface area (Å²) in [5, 5.41) is 0. The molecule has 0 bridgehead atoms. The second-order valence-electron chi connectivity index (χ2n) is 4.69. The van der Waals surface area contributed by atoms with Gasteiger partial charge in [-0.05, 0) is 32.1 Å². The Balaban J connectivity index is 2.02. The molecule has 2 rings (SSSR count). The van der Waals surface area contributed by atoms with E-state index in [9.17, 15) is 9.59 Å². The average molecular weight is 237 g/mol. The van der Waals surface area contributed by atoms with Crippen LogP contribution in [0.15, 0.2) is 12.2 Å². The minimum Gasteiger partial charge on any atom is -0.467 e. The van der Waals surface area contributed by atoms with Crippen LogP contribution in [0.5, 0.6) is 0 Å². The molecule has 2 unspecified atom stereocenters. The van der Waals surface area contributed by atoms with Crippen molar-refractivity contribution in [3.05, 3.63) is 12.2 Å². The third-order valence-corrected chi connectivity index (χ3v) is 3.63. The van der Waals surface area contributed by atoms with Gasteiger partial charge in [0.2, 0.25) is 5.91 Å². The molecule has 4 nitrogen and oxygen atoms in total. The molecule has 1 fully saturated rings. The van der Waals surface area contributed by atoms with Crippen LogP contribution in [0.1, 0.15) is 32.1 Å². The zero-order valence-electron chi connectivity index (χ0n) is 10.2. The van der Waals surface area contributed by atoms with Crippen LogP contribution in [-0.4, -0.2) is 36.5 Å². The number of ether oxygens (including phenoxy) is 1. The highest BCUT2D eigenvalue weighted by Gasteiger charge is 2.37. The Kier molecular flexibility index (Phi) is 3.82. The fraction of sp³-hybridized carbons (Fsp3) is 0.692. The number of allylic oxidation sites excluding steroid dienone is 2. The molecule has 0 aromatic rings. The van der Waals surface area contributed by atoms with Gasteiger partial charge in [0.25, 0.3) is 0 Å². The van der Waals surface area contributed by atoms with Crippen molar-refractivity contribution in [2.75, 3.05) is 13.7 Å². The molecular formula is C13H19NO3. The van der Waals surface area contributed by atoms with Gasteiger partial charge < -0.3 is 9.64 Å². The summed E-state index contributed by atoms with van der Waals surface area (Å²) in [6.07, 6.45) is 8.49. The molecule has 0 radical (unpaired) electrons. The van der Waals surface area contributed by atoms with Gasteiger partial charge in [0.05, 0.1) is 7.11 Å². The van der Waals surface area contributed by atoms with Crippen LogP contribution in [-0.2, 0) is 14.3 Å². The minimum absolute atomic E-state index is 0.0604. The minimum atomic E-state index is -0.349. The predicted molar refractivity (Wildman–Crippen MR) is 63.2 cm³/mol. The van der Waals surface area contributed by atoms with E-state index in [0.29, 0.717) is 6.54 Å². The molecule has 94 valence electrons. The molecule has 1 heterocycles. The van der Waals surface area contributed by atoms with Gasteiger partial charge in [0.1, 0.15) is 6.04 Å². The lowest BCUT2D eigenvalue weighted by molar-refractivity contribution is -0.152. The molecule has 4 heteroatoms. The highest BCUT2D eigenvalue weighted by molar-refractivity contribution is 5.86. The summed E-state index contributed by atoms with van der Waals surface area (Å²) in [5.41, 5.74) is 0. The van der Waals surface area contributed by atoms with Gasteiger partial charge in [0, 0.05) is 12.5 Å². The number of methoxy groups -OCH3 is 1. The zero-order valence-corrected chi connectivity index (χ0v) is 10.2. The summed E-state index contributed by atoms with van der Waals surface area (Å²) >= 11 is 0. The molecule has 2 aliphatic rings. The number of carbonyl (C=O) groups excluding carboxylic acids is 2. The van der Waals surface area contributed by atoms with E-state index in [0.717, 1.165) is 32.1 Å². The van der Waals surface area contributed by atoms with Crippen molar-refractivity contribution in [1.82, 2.24) is 4.90 Å². The molecule has 0 aromatic carbocycles. The first-order chi connectivity index (χ1) is 8.24. The molecule has 0 N–H and O–H groups in total. The molecule has 1 aliphatic carbocycles. The second-order valence-corrected chi connectivity index (χ2v) is 4.69. The van der Waals surface area contributed by atoms with Crippen molar-refractivity contribution in [1.29, 1.82) is 0 Å².